The summed E-state index contributed by atoms with van der Waals surface area (Å²) < 4.78 is 103. The number of rotatable bonds is 9. The first-order valence-corrected chi connectivity index (χ1v) is 19.6. The summed E-state index contributed by atoms with van der Waals surface area (Å²) in [5.41, 5.74) is 0.952. The second kappa shape index (κ2) is 16.1. The molecule has 0 atom stereocenters. The van der Waals surface area contributed by atoms with Gasteiger partial charge in [0.05, 0.1) is 63.9 Å². The summed E-state index contributed by atoms with van der Waals surface area (Å²) in [6.45, 7) is 1.86. The van der Waals surface area contributed by atoms with Gasteiger partial charge in [0, 0.05) is 29.9 Å². The van der Waals surface area contributed by atoms with Crippen LogP contribution in [0.2, 0.25) is 0 Å². The molecule has 2 aliphatic rings. The van der Waals surface area contributed by atoms with Crippen molar-refractivity contribution in [1.29, 1.82) is 0 Å². The molecule has 0 bridgehead atoms. The van der Waals surface area contributed by atoms with Crippen LogP contribution in [0.5, 0.6) is 0 Å². The second-order valence-corrected chi connectivity index (χ2v) is 16.4. The molecule has 262 valence electrons. The first-order chi connectivity index (χ1) is 21.2. The fraction of sp³-hybridized carbons (Fsp3) is 0.308. The Labute approximate surface area is 273 Å². The van der Waals surface area contributed by atoms with E-state index in [1.165, 1.54) is 36.4 Å². The number of esters is 1. The van der Waals surface area contributed by atoms with Gasteiger partial charge in [0.2, 0.25) is 39.7 Å². The van der Waals surface area contributed by atoms with Crippen LogP contribution in [0.15, 0.2) is 68.4 Å². The predicted octanol–water partition coefficient (Wildman–Crippen LogP) is 1.87. The van der Waals surface area contributed by atoms with Crippen LogP contribution in [0.4, 0.5) is 22.7 Å². The Kier molecular flexibility index (Phi) is 14.0. The maximum atomic E-state index is 12.3. The number of benzene rings is 2. The number of sulfone groups is 2. The summed E-state index contributed by atoms with van der Waals surface area (Å²) in [4.78, 5) is 21.9. The van der Waals surface area contributed by atoms with E-state index in [0.29, 0.717) is 0 Å². The number of aliphatic carboxylic acids is 1. The summed E-state index contributed by atoms with van der Waals surface area (Å²) in [5, 5.41) is 23.0. The maximum Gasteiger partial charge on any atom is 0.311 e. The molecular weight excluding hydrogens is 705 g/mol. The first kappa shape index (κ1) is 40.8. The molecule has 2 heterocycles. The fourth-order valence-corrected chi connectivity index (χ4v) is 7.72. The molecule has 2 aliphatic heterocycles. The van der Waals surface area contributed by atoms with Gasteiger partial charge in [-0.1, -0.05) is 7.43 Å². The molecule has 2 aromatic rings. The highest BCUT2D eigenvalue weighted by atomic mass is 32.2. The third kappa shape index (κ3) is 12.5. The summed E-state index contributed by atoms with van der Waals surface area (Å²) in [6, 6.07) is 8.00. The van der Waals surface area contributed by atoms with Crippen molar-refractivity contribution in [3.63, 3.8) is 0 Å². The van der Waals surface area contributed by atoms with Crippen molar-refractivity contribution in [1.82, 2.24) is 0 Å². The third-order valence-electron chi connectivity index (χ3n) is 5.35. The molecule has 0 saturated carbocycles. The molecule has 0 aromatic heterocycles. The summed E-state index contributed by atoms with van der Waals surface area (Å²) in [7, 11) is -13.7. The van der Waals surface area contributed by atoms with Crippen molar-refractivity contribution in [2.75, 3.05) is 46.3 Å². The van der Waals surface area contributed by atoms with Crippen LogP contribution in [0, 0.1) is 0 Å². The Morgan fingerprint density at radius 1 is 0.766 bits per heavy atom. The van der Waals surface area contributed by atoms with Crippen LogP contribution in [0.25, 0.3) is 0 Å². The van der Waals surface area contributed by atoms with Gasteiger partial charge in [-0.05, 0) is 43.3 Å². The number of aliphatic hydroxyl groups is 1. The van der Waals surface area contributed by atoms with E-state index in [0.717, 1.165) is 30.4 Å². The Hall–Kier alpha value is -4.18. The molecule has 21 heteroatoms. The SMILES string of the molecule is C.CCOC(=O)CC1=CS(=O)(=O)c2cc(NS(C)(=O)=O)ccc2N1.CO.CS(=O)(=O)Nc1ccc2c(c1)S(=O)(=O)C=C(CC(=O)O)N2. The minimum Gasteiger partial charge on any atom is -0.481 e. The number of hydrogen-bond donors (Lipinski definition) is 6. The number of hydrogen-bond acceptors (Lipinski definition) is 14. The summed E-state index contributed by atoms with van der Waals surface area (Å²) in [5.74, 6) is -1.71. The lowest BCUT2D eigenvalue weighted by Crippen LogP contribution is -2.18. The van der Waals surface area contributed by atoms with Crippen molar-refractivity contribution in [3.05, 3.63) is 58.6 Å². The minimum atomic E-state index is -3.84. The van der Waals surface area contributed by atoms with Crippen molar-refractivity contribution in [2.45, 2.75) is 37.0 Å². The number of carboxylic acids is 1. The number of carboxylic acid groups (broad SMARTS) is 1. The van der Waals surface area contributed by atoms with Crippen LogP contribution in [-0.4, -0.2) is 82.1 Å². The number of fused-ring (bicyclic) bond motifs is 2. The molecule has 0 spiro atoms. The molecule has 6 N–H and O–H groups in total. The fourth-order valence-electron chi connectivity index (χ4n) is 3.89. The lowest BCUT2D eigenvalue weighted by atomic mass is 10.2. The van der Waals surface area contributed by atoms with E-state index in [1.54, 1.807) is 6.92 Å². The molecule has 47 heavy (non-hydrogen) atoms. The highest BCUT2D eigenvalue weighted by Gasteiger charge is 2.26. The van der Waals surface area contributed by atoms with Crippen LogP contribution in [-0.2, 0) is 54.0 Å². The van der Waals surface area contributed by atoms with Gasteiger partial charge < -0.3 is 25.6 Å². The van der Waals surface area contributed by atoms with Crippen LogP contribution < -0.4 is 20.1 Å². The standard InChI is InChI=1S/C13H16N2O6S2.C11H12N2O6S2.CH4O.CH4/c1-3-21-13(16)7-10-8-23(19,20)12-6-9(15-22(2,17)18)4-5-11(12)14-10;1-20(16,17)13-7-2-3-9-10(4-7)21(18,19)6-8(12-9)5-11(14)15;1-2;/h4-6,8,14-15H,3,7H2,1-2H3;2-4,6,12-13H,5H2,1H3,(H,14,15);2H,1H3;1H4. The number of carbonyl (C=O) groups is 2. The van der Waals surface area contributed by atoms with Gasteiger partial charge in [-0.25, -0.2) is 33.7 Å². The number of aliphatic hydroxyl groups excluding tert-OH is 1. The van der Waals surface area contributed by atoms with Crippen molar-refractivity contribution >= 4 is 74.4 Å². The number of anilines is 4. The molecular formula is C26H36N4O13S4. The Morgan fingerprint density at radius 2 is 1.15 bits per heavy atom. The third-order valence-corrected chi connectivity index (χ3v) is 9.65. The van der Waals surface area contributed by atoms with Crippen molar-refractivity contribution in [2.24, 2.45) is 0 Å². The zero-order valence-corrected chi connectivity index (χ0v) is 28.0. The Balaban J connectivity index is 0.000000439. The lowest BCUT2D eigenvalue weighted by molar-refractivity contribution is -0.142. The van der Waals surface area contributed by atoms with Gasteiger partial charge in [-0.2, -0.15) is 0 Å². The largest absolute Gasteiger partial charge is 0.481 e. The topological polar surface area (TPSA) is 269 Å². The smallest absolute Gasteiger partial charge is 0.311 e. The van der Waals surface area contributed by atoms with Gasteiger partial charge in [-0.15, -0.1) is 0 Å². The van der Waals surface area contributed by atoms with Gasteiger partial charge in [0.25, 0.3) is 0 Å². The van der Waals surface area contributed by atoms with Gasteiger partial charge in [0.1, 0.15) is 0 Å². The highest BCUT2D eigenvalue weighted by Crippen LogP contribution is 2.34. The number of sulfonamides is 2. The van der Waals surface area contributed by atoms with Crippen molar-refractivity contribution in [3.8, 4) is 0 Å². The Bertz CT molecular complexity index is 2010. The summed E-state index contributed by atoms with van der Waals surface area (Å²) >= 11 is 0. The van der Waals surface area contributed by atoms with Gasteiger partial charge >= 0.3 is 11.9 Å². The van der Waals surface area contributed by atoms with Crippen LogP contribution in [0.1, 0.15) is 27.2 Å². The van der Waals surface area contributed by atoms with E-state index in [1.807, 2.05) is 0 Å². The van der Waals surface area contributed by atoms with E-state index in [4.69, 9.17) is 14.9 Å². The molecule has 0 saturated heterocycles. The number of nitrogens with one attached hydrogen (secondary N) is 4. The van der Waals surface area contributed by atoms with E-state index in [9.17, 15) is 43.3 Å². The van der Waals surface area contributed by atoms with Crippen molar-refractivity contribution < 1.29 is 58.2 Å². The molecule has 0 radical (unpaired) electrons. The lowest BCUT2D eigenvalue weighted by Gasteiger charge is -2.20. The van der Waals surface area contributed by atoms with E-state index < -0.39 is 58.1 Å². The predicted molar refractivity (Wildman–Crippen MR) is 176 cm³/mol. The molecule has 0 amide bonds. The molecule has 0 fully saturated rings. The highest BCUT2D eigenvalue weighted by molar-refractivity contribution is 7.95. The minimum absolute atomic E-state index is 0. The van der Waals surface area contributed by atoms with Crippen LogP contribution in [0.3, 0.4) is 0 Å². The first-order valence-electron chi connectivity index (χ1n) is 12.7. The average molecular weight is 741 g/mol. The summed E-state index contributed by atoms with van der Waals surface area (Å²) in [6.07, 6.45) is 1.26. The molecule has 4 rings (SSSR count). The van der Waals surface area contributed by atoms with E-state index in [2.05, 4.69) is 20.1 Å². The zero-order chi connectivity index (χ0) is 35.1. The average Bonchev–Trinajstić information content (AvgIpc) is 2.88. The monoisotopic (exact) mass is 740 g/mol. The molecule has 0 aliphatic carbocycles. The molecule has 17 nitrogen and oxygen atoms in total. The van der Waals surface area contributed by atoms with Gasteiger partial charge in [0.15, 0.2) is 0 Å². The molecule has 2 aromatic carbocycles. The zero-order valence-electron chi connectivity index (χ0n) is 24.8. The Morgan fingerprint density at radius 3 is 1.49 bits per heavy atom. The number of ether oxygens (including phenoxy) is 1. The molecule has 0 unspecified atom stereocenters. The normalized spacial score (nSPS) is 15.2. The van der Waals surface area contributed by atoms with Gasteiger partial charge in [-0.3, -0.25) is 19.0 Å². The quantitative estimate of drug-likeness (QED) is 0.200. The maximum absolute atomic E-state index is 12.3. The van der Waals surface area contributed by atoms with E-state index >= 15 is 0 Å². The number of carbonyl (C=O) groups excluding carboxylic acids is 1. The second-order valence-electron chi connectivity index (χ2n) is 9.35. The van der Waals surface area contributed by atoms with E-state index in [-0.39, 0.29) is 64.4 Å². The van der Waals surface area contributed by atoms with Crippen LogP contribution >= 0.6 is 0 Å².